The van der Waals surface area contributed by atoms with Gasteiger partial charge in [0.2, 0.25) is 0 Å². The number of aliphatic carboxylic acids is 1. The molecule has 0 radical (unpaired) electrons. The summed E-state index contributed by atoms with van der Waals surface area (Å²) in [6, 6.07) is 21.4. The fraction of sp³-hybridized carbons (Fsp3) is 0.259. The molecule has 0 amide bonds. The van der Waals surface area contributed by atoms with Gasteiger partial charge in [-0.3, -0.25) is 4.90 Å². The highest BCUT2D eigenvalue weighted by atomic mass is 19.4. The van der Waals surface area contributed by atoms with Crippen LogP contribution in [0.2, 0.25) is 0 Å². The smallest absolute Gasteiger partial charge is 0.475 e. The first-order chi connectivity index (χ1) is 17.6. The van der Waals surface area contributed by atoms with Gasteiger partial charge in [0, 0.05) is 18.7 Å². The van der Waals surface area contributed by atoms with Gasteiger partial charge in [0.15, 0.2) is 0 Å². The molecule has 0 aliphatic carbocycles. The van der Waals surface area contributed by atoms with E-state index in [2.05, 4.69) is 51.3 Å². The first-order valence-corrected chi connectivity index (χ1v) is 11.6. The number of carbonyl (C=O) groups is 1. The Morgan fingerprint density at radius 1 is 1.03 bits per heavy atom. The van der Waals surface area contributed by atoms with Gasteiger partial charge in [-0.25, -0.2) is 14.2 Å². The highest BCUT2D eigenvalue weighted by Gasteiger charge is 2.38. The Kier molecular flexibility index (Phi) is 7.89. The number of alkyl halides is 3. The lowest BCUT2D eigenvalue weighted by atomic mass is 10.0. The van der Waals surface area contributed by atoms with Crippen LogP contribution in [0.3, 0.4) is 0 Å². The zero-order valence-electron chi connectivity index (χ0n) is 19.7. The summed E-state index contributed by atoms with van der Waals surface area (Å²) >= 11 is 0. The second-order valence-corrected chi connectivity index (χ2v) is 8.86. The minimum atomic E-state index is -5.08. The maximum Gasteiger partial charge on any atom is 0.490 e. The van der Waals surface area contributed by atoms with Gasteiger partial charge in [-0.1, -0.05) is 42.5 Å². The number of aromatic amines is 1. The van der Waals surface area contributed by atoms with Crippen LogP contribution in [-0.4, -0.2) is 56.4 Å². The number of H-pyrrole nitrogens is 1. The van der Waals surface area contributed by atoms with Gasteiger partial charge in [-0.15, -0.1) is 0 Å². The average molecular weight is 516 g/mol. The van der Waals surface area contributed by atoms with E-state index in [1.54, 1.807) is 6.07 Å². The lowest BCUT2D eigenvalue weighted by Crippen LogP contribution is -2.37. The SMILES string of the molecule is O=C(O)C(F)(F)F.OC1CCCN(Cc2cccc(-c3ccc(-c4nc5ccc(F)cc5[nH]4)cc3)c2)C1. The number of hydrogen-bond acceptors (Lipinski definition) is 4. The quantitative estimate of drug-likeness (QED) is 0.307. The van der Waals surface area contributed by atoms with Crippen LogP contribution in [0.5, 0.6) is 0 Å². The van der Waals surface area contributed by atoms with Crippen molar-refractivity contribution in [3.8, 4) is 22.5 Å². The van der Waals surface area contributed by atoms with Crippen LogP contribution in [0, 0.1) is 5.82 Å². The topological polar surface area (TPSA) is 89.4 Å². The molecule has 37 heavy (non-hydrogen) atoms. The molecule has 1 aliphatic rings. The number of piperidine rings is 1. The fourth-order valence-corrected chi connectivity index (χ4v) is 4.22. The Bertz CT molecular complexity index is 1370. The third-order valence-electron chi connectivity index (χ3n) is 5.99. The van der Waals surface area contributed by atoms with E-state index < -0.39 is 12.1 Å². The molecule has 10 heteroatoms. The van der Waals surface area contributed by atoms with Crippen molar-refractivity contribution in [3.63, 3.8) is 0 Å². The van der Waals surface area contributed by atoms with E-state index in [9.17, 15) is 22.7 Å². The Hall–Kier alpha value is -3.76. The number of nitrogens with zero attached hydrogens (tertiary/aromatic N) is 2. The molecule has 2 heterocycles. The van der Waals surface area contributed by atoms with Gasteiger partial charge in [0.05, 0.1) is 17.1 Å². The Morgan fingerprint density at radius 3 is 2.41 bits per heavy atom. The highest BCUT2D eigenvalue weighted by molar-refractivity contribution is 5.80. The second-order valence-electron chi connectivity index (χ2n) is 8.86. The summed E-state index contributed by atoms with van der Waals surface area (Å²) in [6.07, 6.45) is -3.33. The first kappa shape index (κ1) is 26.3. The molecule has 1 unspecified atom stereocenters. The number of aliphatic hydroxyl groups is 1. The molecule has 194 valence electrons. The normalized spacial score (nSPS) is 16.3. The third kappa shape index (κ3) is 6.93. The van der Waals surface area contributed by atoms with Crippen LogP contribution in [0.25, 0.3) is 33.5 Å². The molecule has 1 fully saturated rings. The molecule has 1 aliphatic heterocycles. The van der Waals surface area contributed by atoms with E-state index in [1.807, 2.05) is 12.1 Å². The molecule has 1 atom stereocenters. The van der Waals surface area contributed by atoms with Gasteiger partial charge in [0.25, 0.3) is 0 Å². The van der Waals surface area contributed by atoms with Crippen LogP contribution >= 0.6 is 0 Å². The van der Waals surface area contributed by atoms with Crippen molar-refractivity contribution in [2.45, 2.75) is 31.7 Å². The molecular formula is C27H25F4N3O3. The summed E-state index contributed by atoms with van der Waals surface area (Å²) < 4.78 is 45.2. The van der Waals surface area contributed by atoms with Crippen molar-refractivity contribution in [1.29, 1.82) is 0 Å². The van der Waals surface area contributed by atoms with Gasteiger partial charge in [0.1, 0.15) is 11.6 Å². The van der Waals surface area contributed by atoms with E-state index in [-0.39, 0.29) is 11.9 Å². The van der Waals surface area contributed by atoms with Gasteiger partial charge < -0.3 is 15.2 Å². The number of β-amino-alcohol motifs (C(OH)–C–C–N with tert-alkyl or cyclic N) is 1. The summed E-state index contributed by atoms with van der Waals surface area (Å²) in [5.41, 5.74) is 5.99. The Labute approximate surface area is 210 Å². The molecule has 4 aromatic rings. The summed E-state index contributed by atoms with van der Waals surface area (Å²) in [7, 11) is 0. The number of fused-ring (bicyclic) bond motifs is 1. The first-order valence-electron chi connectivity index (χ1n) is 11.6. The van der Waals surface area contributed by atoms with Gasteiger partial charge >= 0.3 is 12.1 Å². The molecule has 0 saturated carbocycles. The van der Waals surface area contributed by atoms with Crippen molar-refractivity contribution >= 4 is 17.0 Å². The maximum absolute atomic E-state index is 13.4. The number of likely N-dealkylation sites (tertiary alicyclic amines) is 1. The highest BCUT2D eigenvalue weighted by Crippen LogP contribution is 2.26. The van der Waals surface area contributed by atoms with Crippen LogP contribution in [0.4, 0.5) is 17.6 Å². The minimum Gasteiger partial charge on any atom is -0.475 e. The minimum absolute atomic E-state index is 0.204. The van der Waals surface area contributed by atoms with E-state index in [1.165, 1.54) is 23.3 Å². The van der Waals surface area contributed by atoms with E-state index in [0.29, 0.717) is 5.52 Å². The predicted molar refractivity (Wildman–Crippen MR) is 131 cm³/mol. The summed E-state index contributed by atoms with van der Waals surface area (Å²) in [4.78, 5) is 19.0. The summed E-state index contributed by atoms with van der Waals surface area (Å²) in [5, 5.41) is 17.0. The number of aromatic nitrogens is 2. The van der Waals surface area contributed by atoms with E-state index in [0.717, 1.165) is 54.9 Å². The molecule has 1 aromatic heterocycles. The van der Waals surface area contributed by atoms with Crippen LogP contribution in [0.1, 0.15) is 18.4 Å². The lowest BCUT2D eigenvalue weighted by molar-refractivity contribution is -0.192. The zero-order chi connectivity index (χ0) is 26.6. The molecule has 1 saturated heterocycles. The molecule has 5 rings (SSSR count). The Morgan fingerprint density at radius 2 is 1.73 bits per heavy atom. The maximum atomic E-state index is 13.4. The Balaban J connectivity index is 0.000000405. The van der Waals surface area contributed by atoms with Crippen molar-refractivity contribution in [1.82, 2.24) is 14.9 Å². The number of hydrogen-bond donors (Lipinski definition) is 3. The molecule has 0 spiro atoms. The number of aliphatic hydroxyl groups excluding tert-OH is 1. The number of carboxylic acid groups (broad SMARTS) is 1. The zero-order valence-corrected chi connectivity index (χ0v) is 19.7. The van der Waals surface area contributed by atoms with Crippen molar-refractivity contribution < 1.29 is 32.6 Å². The number of rotatable bonds is 4. The molecule has 6 nitrogen and oxygen atoms in total. The average Bonchev–Trinajstić information content (AvgIpc) is 3.27. The number of benzene rings is 3. The third-order valence-corrected chi connectivity index (χ3v) is 5.99. The van der Waals surface area contributed by atoms with Crippen LogP contribution in [0.15, 0.2) is 66.7 Å². The number of nitrogens with one attached hydrogen (secondary N) is 1. The van der Waals surface area contributed by atoms with Crippen molar-refractivity contribution in [3.05, 3.63) is 78.1 Å². The second kappa shape index (κ2) is 11.1. The monoisotopic (exact) mass is 515 g/mol. The number of halogens is 4. The van der Waals surface area contributed by atoms with Crippen molar-refractivity contribution in [2.24, 2.45) is 0 Å². The van der Waals surface area contributed by atoms with Gasteiger partial charge in [-0.2, -0.15) is 13.2 Å². The predicted octanol–water partition coefficient (Wildman–Crippen LogP) is 5.63. The van der Waals surface area contributed by atoms with Gasteiger partial charge in [-0.05, 0) is 60.3 Å². The fourth-order valence-electron chi connectivity index (χ4n) is 4.22. The van der Waals surface area contributed by atoms with E-state index in [4.69, 9.17) is 9.90 Å². The summed E-state index contributed by atoms with van der Waals surface area (Å²) in [5.74, 6) is -2.29. The number of imidazole rings is 1. The summed E-state index contributed by atoms with van der Waals surface area (Å²) in [6.45, 7) is 2.65. The molecule has 3 aromatic carbocycles. The molecule has 0 bridgehead atoms. The largest absolute Gasteiger partial charge is 0.490 e. The molecule has 3 N–H and O–H groups in total. The van der Waals surface area contributed by atoms with E-state index >= 15 is 0 Å². The van der Waals surface area contributed by atoms with Crippen LogP contribution < -0.4 is 0 Å². The van der Waals surface area contributed by atoms with Crippen molar-refractivity contribution in [2.75, 3.05) is 13.1 Å². The molecular weight excluding hydrogens is 490 g/mol. The lowest BCUT2D eigenvalue weighted by Gasteiger charge is -2.30. The standard InChI is InChI=1S/C25H24FN3O.C2HF3O2/c26-21-10-11-23-24(14-21)28-25(27-23)19-8-6-18(7-9-19)20-4-1-3-17(13-20)15-29-12-2-5-22(30)16-29;3-2(4,5)1(6)7/h1,3-4,6-11,13-14,22,30H,2,5,12,15-16H2,(H,27,28);(H,6,7). The number of carboxylic acids is 1. The van der Waals surface area contributed by atoms with Crippen LogP contribution in [-0.2, 0) is 11.3 Å².